The van der Waals surface area contributed by atoms with Gasteiger partial charge in [-0.05, 0) is 53.4 Å². The lowest BCUT2D eigenvalue weighted by atomic mass is 10.1. The first-order chi connectivity index (χ1) is 8.08. The second-order valence-corrected chi connectivity index (χ2v) is 5.33. The molecular weight excluding hydrogens is 281 g/mol. The predicted molar refractivity (Wildman–Crippen MR) is 76.1 cm³/mol. The van der Waals surface area contributed by atoms with Gasteiger partial charge in [-0.15, -0.1) is 0 Å². The highest BCUT2D eigenvalue weighted by Crippen LogP contribution is 2.25. The highest BCUT2D eigenvalue weighted by Gasteiger charge is 2.09. The first-order valence-corrected chi connectivity index (χ1v) is 7.10. The van der Waals surface area contributed by atoms with Crippen LogP contribution < -0.4 is 5.32 Å². The second-order valence-electron chi connectivity index (χ2n) is 4.47. The summed E-state index contributed by atoms with van der Waals surface area (Å²) < 4.78 is 13.8. The Bertz CT molecular complexity index is 365. The summed E-state index contributed by atoms with van der Waals surface area (Å²) in [6.45, 7) is 6.32. The van der Waals surface area contributed by atoms with E-state index in [0.29, 0.717) is 10.5 Å². The number of aryl methyl sites for hydroxylation is 1. The summed E-state index contributed by atoms with van der Waals surface area (Å²) >= 11 is 3.23. The van der Waals surface area contributed by atoms with E-state index in [4.69, 9.17) is 0 Å². The summed E-state index contributed by atoms with van der Waals surface area (Å²) in [5.74, 6) is -0.199. The molecule has 0 saturated carbocycles. The summed E-state index contributed by atoms with van der Waals surface area (Å²) in [5.41, 5.74) is 1.99. The molecule has 1 atom stereocenters. The maximum atomic E-state index is 13.3. The Morgan fingerprint density at radius 2 is 2.06 bits per heavy atom. The van der Waals surface area contributed by atoms with E-state index in [0.717, 1.165) is 17.7 Å². The van der Waals surface area contributed by atoms with E-state index in [9.17, 15) is 4.39 Å². The molecule has 3 heteroatoms. The molecule has 1 aromatic carbocycles. The Labute approximate surface area is 112 Å². The van der Waals surface area contributed by atoms with Gasteiger partial charge in [0.2, 0.25) is 0 Å². The number of hydrogen-bond donors (Lipinski definition) is 1. The molecular formula is C14H21BrFN. The van der Waals surface area contributed by atoms with Gasteiger partial charge < -0.3 is 5.32 Å². The molecule has 1 rings (SSSR count). The van der Waals surface area contributed by atoms with Crippen LogP contribution in [0.2, 0.25) is 0 Å². The minimum Gasteiger partial charge on any atom is -0.382 e. The average molecular weight is 302 g/mol. The molecule has 0 spiro atoms. The molecule has 1 unspecified atom stereocenters. The monoisotopic (exact) mass is 301 g/mol. The van der Waals surface area contributed by atoms with Crippen molar-refractivity contribution in [3.8, 4) is 0 Å². The van der Waals surface area contributed by atoms with Gasteiger partial charge in [-0.3, -0.25) is 0 Å². The summed E-state index contributed by atoms with van der Waals surface area (Å²) in [6, 6.07) is 3.88. The van der Waals surface area contributed by atoms with Gasteiger partial charge in [-0.25, -0.2) is 4.39 Å². The van der Waals surface area contributed by atoms with Gasteiger partial charge in [-0.1, -0.05) is 26.7 Å². The van der Waals surface area contributed by atoms with Gasteiger partial charge >= 0.3 is 0 Å². The molecule has 0 amide bonds. The summed E-state index contributed by atoms with van der Waals surface area (Å²) in [6.07, 6.45) is 4.70. The number of anilines is 1. The lowest BCUT2D eigenvalue weighted by Crippen LogP contribution is -2.19. The second kappa shape index (κ2) is 7.00. The van der Waals surface area contributed by atoms with Crippen LogP contribution in [0.4, 0.5) is 10.1 Å². The molecule has 0 radical (unpaired) electrons. The SMILES string of the molecule is CCCCC(CC)Nc1cc(Br)c(F)cc1C. The highest BCUT2D eigenvalue weighted by atomic mass is 79.9. The van der Waals surface area contributed by atoms with Crippen LogP contribution >= 0.6 is 15.9 Å². The molecule has 1 aromatic rings. The van der Waals surface area contributed by atoms with E-state index in [-0.39, 0.29) is 5.82 Å². The maximum absolute atomic E-state index is 13.3. The fraction of sp³-hybridized carbons (Fsp3) is 0.571. The molecule has 0 saturated heterocycles. The molecule has 0 bridgehead atoms. The first-order valence-electron chi connectivity index (χ1n) is 6.30. The third-order valence-corrected chi connectivity index (χ3v) is 3.63. The number of rotatable bonds is 6. The molecule has 1 nitrogen and oxygen atoms in total. The summed E-state index contributed by atoms with van der Waals surface area (Å²) in [5, 5.41) is 3.50. The van der Waals surface area contributed by atoms with Crippen LogP contribution in [0, 0.1) is 12.7 Å². The number of nitrogens with one attached hydrogen (secondary N) is 1. The predicted octanol–water partition coefficient (Wildman–Crippen LogP) is 5.28. The topological polar surface area (TPSA) is 12.0 Å². The largest absolute Gasteiger partial charge is 0.382 e. The van der Waals surface area contributed by atoms with Crippen molar-refractivity contribution >= 4 is 21.6 Å². The minimum atomic E-state index is -0.199. The van der Waals surface area contributed by atoms with E-state index < -0.39 is 0 Å². The van der Waals surface area contributed by atoms with Gasteiger partial charge in [0.05, 0.1) is 4.47 Å². The Morgan fingerprint density at radius 1 is 1.35 bits per heavy atom. The Morgan fingerprint density at radius 3 is 2.65 bits per heavy atom. The number of halogens is 2. The van der Waals surface area contributed by atoms with Gasteiger partial charge in [0, 0.05) is 11.7 Å². The molecule has 0 aliphatic carbocycles. The van der Waals surface area contributed by atoms with Crippen LogP contribution in [0.3, 0.4) is 0 Å². The molecule has 0 aromatic heterocycles. The molecule has 96 valence electrons. The summed E-state index contributed by atoms with van der Waals surface area (Å²) in [4.78, 5) is 0. The Kier molecular flexibility index (Phi) is 5.96. The molecule has 1 N–H and O–H groups in total. The van der Waals surface area contributed by atoms with Crippen molar-refractivity contribution in [3.63, 3.8) is 0 Å². The zero-order chi connectivity index (χ0) is 12.8. The molecule has 0 aliphatic heterocycles. The van der Waals surface area contributed by atoms with Crippen molar-refractivity contribution in [2.45, 2.75) is 52.5 Å². The van der Waals surface area contributed by atoms with Crippen LogP contribution in [-0.2, 0) is 0 Å². The Balaban J connectivity index is 2.75. The number of hydrogen-bond acceptors (Lipinski definition) is 1. The van der Waals surface area contributed by atoms with Crippen LogP contribution in [-0.4, -0.2) is 6.04 Å². The van der Waals surface area contributed by atoms with Crippen LogP contribution in [0.1, 0.15) is 45.1 Å². The maximum Gasteiger partial charge on any atom is 0.137 e. The third-order valence-electron chi connectivity index (χ3n) is 3.03. The van der Waals surface area contributed by atoms with Gasteiger partial charge in [0.25, 0.3) is 0 Å². The van der Waals surface area contributed by atoms with Crippen molar-refractivity contribution in [1.29, 1.82) is 0 Å². The molecule has 0 heterocycles. The van der Waals surface area contributed by atoms with Crippen molar-refractivity contribution in [2.75, 3.05) is 5.32 Å². The van der Waals surface area contributed by atoms with E-state index in [1.54, 1.807) is 6.07 Å². The van der Waals surface area contributed by atoms with Crippen molar-refractivity contribution in [3.05, 3.63) is 28.0 Å². The Hall–Kier alpha value is -0.570. The first kappa shape index (κ1) is 14.5. The van der Waals surface area contributed by atoms with E-state index in [1.165, 1.54) is 19.3 Å². The normalized spacial score (nSPS) is 12.5. The van der Waals surface area contributed by atoms with Gasteiger partial charge in [0.15, 0.2) is 0 Å². The van der Waals surface area contributed by atoms with Crippen LogP contribution in [0.25, 0.3) is 0 Å². The highest BCUT2D eigenvalue weighted by molar-refractivity contribution is 9.10. The van der Waals surface area contributed by atoms with E-state index in [1.807, 2.05) is 13.0 Å². The van der Waals surface area contributed by atoms with Crippen LogP contribution in [0.5, 0.6) is 0 Å². The molecule has 0 fully saturated rings. The van der Waals surface area contributed by atoms with Crippen LogP contribution in [0.15, 0.2) is 16.6 Å². The van der Waals surface area contributed by atoms with Gasteiger partial charge in [-0.2, -0.15) is 0 Å². The lowest BCUT2D eigenvalue weighted by Gasteiger charge is -2.20. The lowest BCUT2D eigenvalue weighted by molar-refractivity contribution is 0.591. The zero-order valence-corrected chi connectivity index (χ0v) is 12.4. The van der Waals surface area contributed by atoms with Crippen molar-refractivity contribution in [1.82, 2.24) is 0 Å². The van der Waals surface area contributed by atoms with Crippen molar-refractivity contribution in [2.24, 2.45) is 0 Å². The standard InChI is InChI=1S/C14H21BrFN/c1-4-6-7-11(5-2)17-14-9-12(15)13(16)8-10(14)3/h8-9,11,17H,4-7H2,1-3H3. The quantitative estimate of drug-likeness (QED) is 0.754. The van der Waals surface area contributed by atoms with Crippen molar-refractivity contribution < 1.29 is 4.39 Å². The molecule has 0 aliphatic rings. The summed E-state index contributed by atoms with van der Waals surface area (Å²) in [7, 11) is 0. The fourth-order valence-electron chi connectivity index (χ4n) is 1.85. The zero-order valence-electron chi connectivity index (χ0n) is 10.8. The van der Waals surface area contributed by atoms with E-state index in [2.05, 4.69) is 35.1 Å². The number of unbranched alkanes of at least 4 members (excludes halogenated alkanes) is 1. The van der Waals surface area contributed by atoms with Gasteiger partial charge in [0.1, 0.15) is 5.82 Å². The fourth-order valence-corrected chi connectivity index (χ4v) is 2.19. The minimum absolute atomic E-state index is 0.199. The third kappa shape index (κ3) is 4.30. The smallest absolute Gasteiger partial charge is 0.137 e. The molecule has 17 heavy (non-hydrogen) atoms. The average Bonchev–Trinajstić information content (AvgIpc) is 2.30. The number of benzene rings is 1. The van der Waals surface area contributed by atoms with E-state index >= 15 is 0 Å².